The highest BCUT2D eigenvalue weighted by Crippen LogP contribution is 2.50. The SMILES string of the molecule is CCc1c(-c2ccc(NC(=O)[C@@H](N)C(C3CC3)C3CC3)nc2F)c(C)nn1COCC[Si](C)(C)C. The van der Waals surface area contributed by atoms with E-state index >= 15 is 4.39 Å². The number of nitrogens with zero attached hydrogens (tertiary/aromatic N) is 3. The molecule has 7 nitrogen and oxygen atoms in total. The largest absolute Gasteiger partial charge is 0.360 e. The van der Waals surface area contributed by atoms with E-state index in [4.69, 9.17) is 10.5 Å². The van der Waals surface area contributed by atoms with Gasteiger partial charge in [0, 0.05) is 31.5 Å². The van der Waals surface area contributed by atoms with Gasteiger partial charge in [0.05, 0.1) is 11.7 Å². The molecule has 1 amide bonds. The van der Waals surface area contributed by atoms with E-state index in [-0.39, 0.29) is 17.6 Å². The van der Waals surface area contributed by atoms with Crippen LogP contribution in [0.2, 0.25) is 25.7 Å². The minimum absolute atomic E-state index is 0.190. The summed E-state index contributed by atoms with van der Waals surface area (Å²) in [6.07, 6.45) is 5.30. The molecule has 3 N–H and O–H groups in total. The molecule has 2 fully saturated rings. The highest BCUT2D eigenvalue weighted by Gasteiger charge is 2.46. The number of aromatic nitrogens is 3. The van der Waals surface area contributed by atoms with Gasteiger partial charge in [0.15, 0.2) is 0 Å². The second kappa shape index (κ2) is 10.5. The molecule has 2 aliphatic carbocycles. The molecule has 2 heterocycles. The second-order valence-electron chi connectivity index (χ2n) is 11.4. The lowest BCUT2D eigenvalue weighted by molar-refractivity contribution is -0.118. The molecule has 2 aliphatic rings. The molecular weight excluding hydrogens is 461 g/mol. The third-order valence-corrected chi connectivity index (χ3v) is 8.90. The van der Waals surface area contributed by atoms with Crippen LogP contribution in [-0.2, 0) is 22.7 Å². The van der Waals surface area contributed by atoms with Crippen LogP contribution in [-0.4, -0.2) is 41.4 Å². The smallest absolute Gasteiger partial charge is 0.242 e. The fourth-order valence-electron chi connectivity index (χ4n) is 4.98. The molecule has 0 aliphatic heterocycles. The number of anilines is 1. The standard InChI is InChI=1S/C26H40FN5O2Si/c1-6-20-22(16(2)31-32(20)15-34-13-14-35(3,4)5)19-11-12-21(29-25(19)27)30-26(33)24(28)23(17-7-8-17)18-9-10-18/h11-12,17-18,23-24H,6-10,13-15,28H2,1-5H3,(H,29,30,33)/t24-/m0/s1. The molecule has 0 unspecified atom stereocenters. The van der Waals surface area contributed by atoms with E-state index in [2.05, 4.69) is 35.0 Å². The number of hydrogen-bond acceptors (Lipinski definition) is 5. The van der Waals surface area contributed by atoms with Crippen molar-refractivity contribution in [2.24, 2.45) is 23.5 Å². The van der Waals surface area contributed by atoms with Crippen molar-refractivity contribution in [1.82, 2.24) is 14.8 Å². The number of nitrogens with two attached hydrogens (primary N) is 1. The van der Waals surface area contributed by atoms with Gasteiger partial charge < -0.3 is 15.8 Å². The fraction of sp³-hybridized carbons (Fsp3) is 0.654. The van der Waals surface area contributed by atoms with Gasteiger partial charge >= 0.3 is 0 Å². The molecule has 2 saturated carbocycles. The Labute approximate surface area is 209 Å². The summed E-state index contributed by atoms with van der Waals surface area (Å²) in [7, 11) is -1.17. The normalized spacial score (nSPS) is 17.1. The van der Waals surface area contributed by atoms with Crippen LogP contribution in [0.3, 0.4) is 0 Å². The lowest BCUT2D eigenvalue weighted by Gasteiger charge is -2.22. The van der Waals surface area contributed by atoms with Gasteiger partial charge in [-0.2, -0.15) is 9.49 Å². The summed E-state index contributed by atoms with van der Waals surface area (Å²) in [5.74, 6) is 0.627. The van der Waals surface area contributed by atoms with Crippen LogP contribution >= 0.6 is 0 Å². The number of ether oxygens (including phenoxy) is 1. The molecule has 4 rings (SSSR count). The Morgan fingerprint density at radius 3 is 2.46 bits per heavy atom. The zero-order chi connectivity index (χ0) is 25.3. The van der Waals surface area contributed by atoms with Crippen molar-refractivity contribution in [3.05, 3.63) is 29.5 Å². The first-order chi connectivity index (χ1) is 16.6. The first-order valence-corrected chi connectivity index (χ1v) is 16.7. The summed E-state index contributed by atoms with van der Waals surface area (Å²) in [4.78, 5) is 16.9. The predicted molar refractivity (Wildman–Crippen MR) is 139 cm³/mol. The summed E-state index contributed by atoms with van der Waals surface area (Å²) in [6, 6.07) is 3.82. The van der Waals surface area contributed by atoms with Crippen molar-refractivity contribution < 1.29 is 13.9 Å². The van der Waals surface area contributed by atoms with Gasteiger partial charge in [-0.3, -0.25) is 4.79 Å². The van der Waals surface area contributed by atoms with E-state index in [1.165, 1.54) is 0 Å². The molecule has 0 radical (unpaired) electrons. The van der Waals surface area contributed by atoms with E-state index in [0.29, 0.717) is 37.2 Å². The topological polar surface area (TPSA) is 95.1 Å². The van der Waals surface area contributed by atoms with E-state index in [9.17, 15) is 4.79 Å². The van der Waals surface area contributed by atoms with Gasteiger partial charge in [-0.05, 0) is 75.0 Å². The van der Waals surface area contributed by atoms with Gasteiger partial charge in [-0.1, -0.05) is 26.6 Å². The van der Waals surface area contributed by atoms with Crippen LogP contribution in [0.1, 0.15) is 44.0 Å². The Bertz CT molecular complexity index is 1050. The number of carbonyl (C=O) groups is 1. The molecule has 35 heavy (non-hydrogen) atoms. The van der Waals surface area contributed by atoms with E-state index in [1.54, 1.807) is 12.1 Å². The van der Waals surface area contributed by atoms with Crippen molar-refractivity contribution in [2.45, 2.75) is 84.4 Å². The maximum atomic E-state index is 15.2. The van der Waals surface area contributed by atoms with Gasteiger partial charge in [-0.25, -0.2) is 9.67 Å². The van der Waals surface area contributed by atoms with Crippen molar-refractivity contribution in [1.29, 1.82) is 0 Å². The van der Waals surface area contributed by atoms with Crippen molar-refractivity contribution >= 4 is 19.8 Å². The molecule has 9 heteroatoms. The Hall–Kier alpha value is -2.10. The highest BCUT2D eigenvalue weighted by atomic mass is 28.3. The Morgan fingerprint density at radius 2 is 1.91 bits per heavy atom. The van der Waals surface area contributed by atoms with Gasteiger partial charge in [0.2, 0.25) is 11.9 Å². The van der Waals surface area contributed by atoms with Crippen LogP contribution < -0.4 is 11.1 Å². The number of amides is 1. The van der Waals surface area contributed by atoms with Crippen LogP contribution in [0, 0.1) is 30.6 Å². The molecule has 2 aromatic heterocycles. The zero-order valence-corrected chi connectivity index (χ0v) is 22.7. The summed E-state index contributed by atoms with van der Waals surface area (Å²) in [5, 5.41) is 7.36. The fourth-order valence-corrected chi connectivity index (χ4v) is 5.74. The summed E-state index contributed by atoms with van der Waals surface area (Å²) >= 11 is 0. The van der Waals surface area contributed by atoms with Crippen molar-refractivity contribution in [2.75, 3.05) is 11.9 Å². The number of halogens is 1. The summed E-state index contributed by atoms with van der Waals surface area (Å²) < 4.78 is 22.9. The lowest BCUT2D eigenvalue weighted by Crippen LogP contribution is -2.44. The van der Waals surface area contributed by atoms with E-state index < -0.39 is 20.1 Å². The molecule has 0 aromatic carbocycles. The van der Waals surface area contributed by atoms with E-state index in [0.717, 1.165) is 48.7 Å². The monoisotopic (exact) mass is 501 g/mol. The molecule has 192 valence electrons. The van der Waals surface area contributed by atoms with Crippen molar-refractivity contribution in [3.8, 4) is 11.1 Å². The van der Waals surface area contributed by atoms with Gasteiger partial charge in [0.1, 0.15) is 12.5 Å². The number of hydrogen-bond donors (Lipinski definition) is 2. The average molecular weight is 502 g/mol. The summed E-state index contributed by atoms with van der Waals surface area (Å²) in [6.45, 7) is 11.9. The third-order valence-electron chi connectivity index (χ3n) is 7.20. The average Bonchev–Trinajstić information content (AvgIpc) is 3.71. The molecule has 1 atom stereocenters. The predicted octanol–water partition coefficient (Wildman–Crippen LogP) is 4.97. The molecule has 2 aromatic rings. The first-order valence-electron chi connectivity index (χ1n) is 13.0. The Balaban J connectivity index is 1.46. The van der Waals surface area contributed by atoms with Crippen molar-refractivity contribution in [3.63, 3.8) is 0 Å². The van der Waals surface area contributed by atoms with Crippen LogP contribution in [0.4, 0.5) is 10.2 Å². The first kappa shape index (κ1) is 26.0. The lowest BCUT2D eigenvalue weighted by atomic mass is 9.89. The number of aryl methyl sites for hydroxylation is 1. The molecule has 0 bridgehead atoms. The Kier molecular flexibility index (Phi) is 7.78. The van der Waals surface area contributed by atoms with E-state index in [1.807, 2.05) is 18.5 Å². The van der Waals surface area contributed by atoms with Gasteiger partial charge in [0.25, 0.3) is 0 Å². The maximum absolute atomic E-state index is 15.2. The molecular formula is C26H40FN5O2Si. The second-order valence-corrected chi connectivity index (χ2v) is 17.0. The number of carbonyl (C=O) groups excluding carboxylic acids is 1. The van der Waals surface area contributed by atoms with Crippen LogP contribution in [0.15, 0.2) is 12.1 Å². The number of rotatable bonds is 12. The van der Waals surface area contributed by atoms with Crippen LogP contribution in [0.25, 0.3) is 11.1 Å². The van der Waals surface area contributed by atoms with Crippen LogP contribution in [0.5, 0.6) is 0 Å². The third kappa shape index (κ3) is 6.37. The molecule has 0 saturated heterocycles. The number of pyridine rings is 1. The Morgan fingerprint density at radius 1 is 1.26 bits per heavy atom. The summed E-state index contributed by atoms with van der Waals surface area (Å²) in [5.41, 5.74) is 9.09. The minimum Gasteiger partial charge on any atom is -0.360 e. The number of nitrogens with one attached hydrogen (secondary N) is 1. The maximum Gasteiger partial charge on any atom is 0.242 e. The minimum atomic E-state index is -1.17. The highest BCUT2D eigenvalue weighted by molar-refractivity contribution is 6.76. The zero-order valence-electron chi connectivity index (χ0n) is 21.7. The van der Waals surface area contributed by atoms with Gasteiger partial charge in [-0.15, -0.1) is 0 Å². The quantitative estimate of drug-likeness (QED) is 0.243. The molecule has 0 spiro atoms.